The first-order chi connectivity index (χ1) is 14.5. The Balaban J connectivity index is 1.58. The van der Waals surface area contributed by atoms with Gasteiger partial charge in [0.05, 0.1) is 20.3 Å². The number of amides is 1. The Morgan fingerprint density at radius 1 is 1.10 bits per heavy atom. The van der Waals surface area contributed by atoms with Crippen LogP contribution in [-0.2, 0) is 26.0 Å². The highest BCUT2D eigenvalue weighted by molar-refractivity contribution is 7.89. The molecule has 1 saturated heterocycles. The fourth-order valence-electron chi connectivity index (χ4n) is 3.75. The van der Waals surface area contributed by atoms with Gasteiger partial charge >= 0.3 is 0 Å². The fraction of sp³-hybridized carbons (Fsp3) is 0.318. The highest BCUT2D eigenvalue weighted by atomic mass is 32.2. The molecule has 0 radical (unpaired) electrons. The third kappa shape index (κ3) is 3.98. The molecule has 1 amide bonds. The highest BCUT2D eigenvalue weighted by Gasteiger charge is 2.29. The normalized spacial score (nSPS) is 17.3. The van der Waals surface area contributed by atoms with Crippen molar-refractivity contribution >= 4 is 27.7 Å². The van der Waals surface area contributed by atoms with Gasteiger partial charge in [-0.05, 0) is 41.8 Å². The van der Waals surface area contributed by atoms with E-state index in [0.717, 1.165) is 17.7 Å². The summed E-state index contributed by atoms with van der Waals surface area (Å²) in [5.41, 5.74) is 2.70. The van der Waals surface area contributed by atoms with Gasteiger partial charge in [0.1, 0.15) is 10.6 Å². The van der Waals surface area contributed by atoms with Crippen molar-refractivity contribution in [2.75, 3.05) is 44.9 Å². The van der Waals surface area contributed by atoms with Crippen LogP contribution in [0.5, 0.6) is 5.75 Å². The van der Waals surface area contributed by atoms with Gasteiger partial charge < -0.3 is 14.4 Å². The predicted molar refractivity (Wildman–Crippen MR) is 114 cm³/mol. The molecule has 158 valence electrons. The summed E-state index contributed by atoms with van der Waals surface area (Å²) in [4.78, 5) is 14.5. The molecule has 2 aromatic rings. The van der Waals surface area contributed by atoms with E-state index in [4.69, 9.17) is 9.47 Å². The van der Waals surface area contributed by atoms with Gasteiger partial charge in [-0.3, -0.25) is 4.79 Å². The van der Waals surface area contributed by atoms with Gasteiger partial charge in [-0.15, -0.1) is 0 Å². The minimum absolute atomic E-state index is 0.0908. The largest absolute Gasteiger partial charge is 0.495 e. The maximum absolute atomic E-state index is 13.1. The quantitative estimate of drug-likeness (QED) is 0.683. The molecule has 0 N–H and O–H groups in total. The zero-order valence-electron chi connectivity index (χ0n) is 16.8. The number of sulfonamides is 1. The summed E-state index contributed by atoms with van der Waals surface area (Å²) in [7, 11) is -2.28. The first-order valence-electron chi connectivity index (χ1n) is 9.84. The van der Waals surface area contributed by atoms with Crippen molar-refractivity contribution in [1.29, 1.82) is 0 Å². The van der Waals surface area contributed by atoms with Gasteiger partial charge in [-0.1, -0.05) is 24.3 Å². The van der Waals surface area contributed by atoms with Gasteiger partial charge in [0, 0.05) is 31.4 Å². The molecule has 2 aliphatic rings. The fourth-order valence-corrected chi connectivity index (χ4v) is 5.35. The second kappa shape index (κ2) is 8.59. The Morgan fingerprint density at radius 2 is 1.87 bits per heavy atom. The number of benzene rings is 2. The summed E-state index contributed by atoms with van der Waals surface area (Å²) in [6.45, 7) is 1.98. The lowest BCUT2D eigenvalue weighted by Crippen LogP contribution is -2.40. The van der Waals surface area contributed by atoms with Gasteiger partial charge in [0.25, 0.3) is 5.91 Å². The van der Waals surface area contributed by atoms with Gasteiger partial charge in [-0.25, -0.2) is 8.42 Å². The Labute approximate surface area is 176 Å². The molecule has 0 aromatic heterocycles. The lowest BCUT2D eigenvalue weighted by Gasteiger charge is -2.26. The maximum atomic E-state index is 13.1. The monoisotopic (exact) mass is 428 g/mol. The highest BCUT2D eigenvalue weighted by Crippen LogP contribution is 2.30. The van der Waals surface area contributed by atoms with Crippen molar-refractivity contribution in [3.63, 3.8) is 0 Å². The van der Waals surface area contributed by atoms with Gasteiger partial charge in [-0.2, -0.15) is 4.31 Å². The van der Waals surface area contributed by atoms with Crippen molar-refractivity contribution in [2.24, 2.45) is 0 Å². The minimum Gasteiger partial charge on any atom is -0.495 e. The van der Waals surface area contributed by atoms with Crippen LogP contribution in [0.2, 0.25) is 0 Å². The average molecular weight is 429 g/mol. The van der Waals surface area contributed by atoms with E-state index in [-0.39, 0.29) is 16.6 Å². The Hall–Kier alpha value is -2.68. The second-order valence-corrected chi connectivity index (χ2v) is 9.04. The molecular weight excluding hydrogens is 404 g/mol. The molecule has 0 unspecified atom stereocenters. The molecule has 0 bridgehead atoms. The number of carbonyl (C=O) groups excluding carboxylic acids is 1. The van der Waals surface area contributed by atoms with E-state index in [2.05, 4.69) is 0 Å². The molecule has 30 heavy (non-hydrogen) atoms. The van der Waals surface area contributed by atoms with Crippen molar-refractivity contribution in [1.82, 2.24) is 4.31 Å². The molecule has 0 aliphatic carbocycles. The molecule has 2 aromatic carbocycles. The summed E-state index contributed by atoms with van der Waals surface area (Å²) < 4.78 is 38.1. The van der Waals surface area contributed by atoms with E-state index < -0.39 is 10.0 Å². The van der Waals surface area contributed by atoms with Crippen LogP contribution in [0.3, 0.4) is 0 Å². The van der Waals surface area contributed by atoms with Crippen LogP contribution in [0.15, 0.2) is 53.4 Å². The molecule has 2 heterocycles. The molecule has 4 rings (SSSR count). The molecule has 0 saturated carbocycles. The number of para-hydroxylation sites is 1. The number of fused-ring (bicyclic) bond motifs is 1. The Bertz CT molecular complexity index is 1070. The van der Waals surface area contributed by atoms with Gasteiger partial charge in [0.15, 0.2) is 0 Å². The molecule has 7 nitrogen and oxygen atoms in total. The minimum atomic E-state index is -3.72. The number of rotatable bonds is 5. The van der Waals surface area contributed by atoms with E-state index in [0.29, 0.717) is 38.4 Å². The van der Waals surface area contributed by atoms with Crippen molar-refractivity contribution in [3.05, 3.63) is 59.7 Å². The van der Waals surface area contributed by atoms with Gasteiger partial charge in [0.2, 0.25) is 10.0 Å². The third-order valence-corrected chi connectivity index (χ3v) is 7.27. The number of anilines is 1. The third-order valence-electron chi connectivity index (χ3n) is 5.35. The summed E-state index contributed by atoms with van der Waals surface area (Å²) in [5.74, 6) is 0.145. The number of carbonyl (C=O) groups is 1. The van der Waals surface area contributed by atoms with Crippen molar-refractivity contribution in [3.8, 4) is 5.75 Å². The molecule has 0 atom stereocenters. The summed E-state index contributed by atoms with van der Waals surface area (Å²) in [6, 6.07) is 12.7. The topological polar surface area (TPSA) is 76.2 Å². The molecular formula is C22H24N2O5S. The Morgan fingerprint density at radius 3 is 2.63 bits per heavy atom. The smallest absolute Gasteiger partial charge is 0.251 e. The maximum Gasteiger partial charge on any atom is 0.251 e. The van der Waals surface area contributed by atoms with Crippen LogP contribution < -0.4 is 9.64 Å². The van der Waals surface area contributed by atoms with E-state index in [1.807, 2.05) is 24.3 Å². The SMILES string of the molecule is COc1ccc(C=CC(=O)N2CCc3ccccc32)cc1S(=O)(=O)N1CCOCC1. The average Bonchev–Trinajstić information content (AvgIpc) is 3.22. The zero-order chi connectivity index (χ0) is 21.1. The number of morpholine rings is 1. The zero-order valence-corrected chi connectivity index (χ0v) is 17.6. The number of hydrogen-bond acceptors (Lipinski definition) is 5. The lowest BCUT2D eigenvalue weighted by molar-refractivity contribution is -0.114. The first-order valence-corrected chi connectivity index (χ1v) is 11.3. The summed E-state index contributed by atoms with van der Waals surface area (Å²) >= 11 is 0. The lowest BCUT2D eigenvalue weighted by atomic mass is 10.2. The summed E-state index contributed by atoms with van der Waals surface area (Å²) in [5, 5.41) is 0. The van der Waals surface area contributed by atoms with Crippen LogP contribution in [0, 0.1) is 0 Å². The molecule has 2 aliphatic heterocycles. The van der Waals surface area contributed by atoms with E-state index >= 15 is 0 Å². The van der Waals surface area contributed by atoms with E-state index in [1.165, 1.54) is 17.5 Å². The molecule has 0 spiro atoms. The Kier molecular flexibility index (Phi) is 5.90. The molecule has 1 fully saturated rings. The number of nitrogens with zero attached hydrogens (tertiary/aromatic N) is 2. The van der Waals surface area contributed by atoms with Crippen molar-refractivity contribution in [2.45, 2.75) is 11.3 Å². The number of methoxy groups -OCH3 is 1. The van der Waals surface area contributed by atoms with Crippen LogP contribution in [0.1, 0.15) is 11.1 Å². The number of ether oxygens (including phenoxy) is 2. The number of hydrogen-bond donors (Lipinski definition) is 0. The van der Waals surface area contributed by atoms with Crippen LogP contribution >= 0.6 is 0 Å². The first kappa shape index (κ1) is 20.6. The van der Waals surface area contributed by atoms with E-state index in [1.54, 1.807) is 29.2 Å². The predicted octanol–water partition coefficient (Wildman–Crippen LogP) is 2.32. The van der Waals surface area contributed by atoms with Crippen LogP contribution in [0.25, 0.3) is 6.08 Å². The van der Waals surface area contributed by atoms with Crippen molar-refractivity contribution < 1.29 is 22.7 Å². The summed E-state index contributed by atoms with van der Waals surface area (Å²) in [6.07, 6.45) is 3.95. The van der Waals surface area contributed by atoms with Crippen LogP contribution in [0.4, 0.5) is 5.69 Å². The van der Waals surface area contributed by atoms with Crippen LogP contribution in [-0.4, -0.2) is 58.6 Å². The second-order valence-electron chi connectivity index (χ2n) is 7.13. The van der Waals surface area contributed by atoms with E-state index in [9.17, 15) is 13.2 Å². The standard InChI is InChI=1S/C22H24N2O5S/c1-28-20-8-6-17(16-21(20)30(26,27)23-12-14-29-15-13-23)7-9-22(25)24-11-10-18-4-2-3-5-19(18)24/h2-9,16H,10-15H2,1H3. The molecule has 8 heteroatoms.